The van der Waals surface area contributed by atoms with Crippen LogP contribution in [0, 0.1) is 0 Å². The third-order valence-electron chi connectivity index (χ3n) is 3.20. The Bertz CT molecular complexity index is 801. The van der Waals surface area contributed by atoms with Gasteiger partial charge in [-0.1, -0.05) is 13.0 Å². The van der Waals surface area contributed by atoms with Crippen molar-refractivity contribution in [3.63, 3.8) is 0 Å². The first-order valence-corrected chi connectivity index (χ1v) is 8.15. The second-order valence-corrected chi connectivity index (χ2v) is 5.74. The molecule has 5 nitrogen and oxygen atoms in total. The average Bonchev–Trinajstić information content (AvgIpc) is 3.04. The number of carbonyl (C=O) groups is 1. The summed E-state index contributed by atoms with van der Waals surface area (Å²) in [5, 5.41) is 8.91. The highest BCUT2D eigenvalue weighted by Crippen LogP contribution is 2.27. The molecule has 0 saturated carbocycles. The van der Waals surface area contributed by atoms with Gasteiger partial charge in [-0.2, -0.15) is 0 Å². The Morgan fingerprint density at radius 1 is 1.17 bits per heavy atom. The molecule has 0 saturated heterocycles. The number of carbonyl (C=O) groups excluding carboxylic acids is 1. The molecule has 6 heteroatoms. The fourth-order valence-electron chi connectivity index (χ4n) is 2.03. The van der Waals surface area contributed by atoms with Crippen molar-refractivity contribution in [2.45, 2.75) is 13.3 Å². The molecule has 0 unspecified atom stereocenters. The number of anilines is 3. The van der Waals surface area contributed by atoms with Crippen LogP contribution in [0.2, 0.25) is 0 Å². The van der Waals surface area contributed by atoms with Crippen molar-refractivity contribution < 1.29 is 4.79 Å². The molecule has 0 aliphatic carbocycles. The summed E-state index contributed by atoms with van der Waals surface area (Å²) in [6, 6.07) is 11.4. The largest absolute Gasteiger partial charge is 0.331 e. The molecule has 0 fully saturated rings. The average molecular weight is 324 g/mol. The predicted molar refractivity (Wildman–Crippen MR) is 94.0 cm³/mol. The van der Waals surface area contributed by atoms with Crippen LogP contribution in [0.4, 0.5) is 16.5 Å². The number of thiazole rings is 1. The van der Waals surface area contributed by atoms with E-state index in [1.54, 1.807) is 12.4 Å². The zero-order chi connectivity index (χ0) is 16.1. The smallest absolute Gasteiger partial charge is 0.224 e. The van der Waals surface area contributed by atoms with E-state index in [2.05, 4.69) is 20.6 Å². The molecule has 0 bridgehead atoms. The number of hydrogen-bond acceptors (Lipinski definition) is 5. The van der Waals surface area contributed by atoms with Gasteiger partial charge in [-0.3, -0.25) is 9.78 Å². The van der Waals surface area contributed by atoms with Crippen LogP contribution in [0.3, 0.4) is 0 Å². The summed E-state index contributed by atoms with van der Waals surface area (Å²) in [6.45, 7) is 1.83. The van der Waals surface area contributed by atoms with Crippen LogP contribution in [0.1, 0.15) is 13.3 Å². The number of amides is 1. The highest BCUT2D eigenvalue weighted by molar-refractivity contribution is 7.14. The molecule has 0 atom stereocenters. The Morgan fingerprint density at radius 3 is 2.74 bits per heavy atom. The second-order valence-electron chi connectivity index (χ2n) is 4.88. The number of rotatable bonds is 5. The van der Waals surface area contributed by atoms with E-state index in [0.717, 1.165) is 27.8 Å². The Kier molecular flexibility index (Phi) is 4.63. The van der Waals surface area contributed by atoms with Gasteiger partial charge in [0.15, 0.2) is 5.13 Å². The van der Waals surface area contributed by atoms with Gasteiger partial charge in [0.05, 0.1) is 5.69 Å². The first-order chi connectivity index (χ1) is 11.2. The fourth-order valence-corrected chi connectivity index (χ4v) is 2.77. The third kappa shape index (κ3) is 3.92. The van der Waals surface area contributed by atoms with E-state index in [4.69, 9.17) is 0 Å². The molecule has 0 aliphatic rings. The molecule has 1 aromatic carbocycles. The SMILES string of the molecule is CCC(=O)Nc1cccc(Nc2nc(-c3ccncc3)cs2)c1. The van der Waals surface area contributed by atoms with Crippen molar-refractivity contribution in [2.75, 3.05) is 10.6 Å². The van der Waals surface area contributed by atoms with Crippen LogP contribution < -0.4 is 10.6 Å². The molecule has 2 N–H and O–H groups in total. The summed E-state index contributed by atoms with van der Waals surface area (Å²) in [6.07, 6.45) is 3.96. The number of aromatic nitrogens is 2. The summed E-state index contributed by atoms with van der Waals surface area (Å²) in [5.41, 5.74) is 3.60. The van der Waals surface area contributed by atoms with E-state index in [0.29, 0.717) is 6.42 Å². The fraction of sp³-hybridized carbons (Fsp3) is 0.118. The summed E-state index contributed by atoms with van der Waals surface area (Å²) in [7, 11) is 0. The minimum absolute atomic E-state index is 0.00336. The van der Waals surface area contributed by atoms with E-state index < -0.39 is 0 Å². The van der Waals surface area contributed by atoms with Crippen LogP contribution in [0.5, 0.6) is 0 Å². The molecule has 1 amide bonds. The minimum Gasteiger partial charge on any atom is -0.331 e. The van der Waals surface area contributed by atoms with Gasteiger partial charge in [0.2, 0.25) is 5.91 Å². The van der Waals surface area contributed by atoms with Gasteiger partial charge in [-0.15, -0.1) is 11.3 Å². The summed E-state index contributed by atoms with van der Waals surface area (Å²) in [5.74, 6) is -0.00336. The summed E-state index contributed by atoms with van der Waals surface area (Å²) in [4.78, 5) is 20.1. The summed E-state index contributed by atoms with van der Waals surface area (Å²) >= 11 is 1.53. The maximum absolute atomic E-state index is 11.5. The second kappa shape index (κ2) is 7.02. The molecule has 0 radical (unpaired) electrons. The first-order valence-electron chi connectivity index (χ1n) is 7.27. The Labute approximate surface area is 138 Å². The lowest BCUT2D eigenvalue weighted by molar-refractivity contribution is -0.115. The normalized spacial score (nSPS) is 10.3. The van der Waals surface area contributed by atoms with Crippen LogP contribution in [0.25, 0.3) is 11.3 Å². The van der Waals surface area contributed by atoms with Crippen LogP contribution in [-0.2, 0) is 4.79 Å². The van der Waals surface area contributed by atoms with E-state index >= 15 is 0 Å². The number of nitrogens with zero attached hydrogens (tertiary/aromatic N) is 2. The molecule has 2 heterocycles. The summed E-state index contributed by atoms with van der Waals surface area (Å²) < 4.78 is 0. The Balaban J connectivity index is 1.74. The van der Waals surface area contributed by atoms with E-state index in [1.807, 2.05) is 48.7 Å². The van der Waals surface area contributed by atoms with Crippen molar-refractivity contribution in [1.82, 2.24) is 9.97 Å². The number of pyridine rings is 1. The highest BCUT2D eigenvalue weighted by atomic mass is 32.1. The molecular weight excluding hydrogens is 308 g/mol. The van der Waals surface area contributed by atoms with Gasteiger partial charge in [0, 0.05) is 41.1 Å². The topological polar surface area (TPSA) is 66.9 Å². The number of nitrogens with one attached hydrogen (secondary N) is 2. The van der Waals surface area contributed by atoms with Crippen LogP contribution in [0.15, 0.2) is 54.2 Å². The van der Waals surface area contributed by atoms with Gasteiger partial charge in [0.25, 0.3) is 0 Å². The van der Waals surface area contributed by atoms with Crippen molar-refractivity contribution in [3.05, 3.63) is 54.2 Å². The molecule has 3 aromatic rings. The molecular formula is C17H16N4OS. The molecule has 116 valence electrons. The lowest BCUT2D eigenvalue weighted by Crippen LogP contribution is -2.09. The van der Waals surface area contributed by atoms with Gasteiger partial charge in [-0.25, -0.2) is 4.98 Å². The molecule has 0 aliphatic heterocycles. The first kappa shape index (κ1) is 15.2. The van der Waals surface area contributed by atoms with Gasteiger partial charge in [-0.05, 0) is 30.3 Å². The molecule has 23 heavy (non-hydrogen) atoms. The van der Waals surface area contributed by atoms with E-state index in [1.165, 1.54) is 11.3 Å². The van der Waals surface area contributed by atoms with Gasteiger partial charge in [0.1, 0.15) is 0 Å². The Hall–Kier alpha value is -2.73. The monoisotopic (exact) mass is 324 g/mol. The standard InChI is InChI=1S/C17H16N4OS/c1-2-16(22)19-13-4-3-5-14(10-13)20-17-21-15(11-23-17)12-6-8-18-9-7-12/h3-11H,2H2,1H3,(H,19,22)(H,20,21). The molecule has 2 aromatic heterocycles. The van der Waals surface area contributed by atoms with Crippen molar-refractivity contribution in [1.29, 1.82) is 0 Å². The Morgan fingerprint density at radius 2 is 1.96 bits per heavy atom. The van der Waals surface area contributed by atoms with Crippen molar-refractivity contribution in [2.24, 2.45) is 0 Å². The maximum Gasteiger partial charge on any atom is 0.224 e. The van der Waals surface area contributed by atoms with Crippen molar-refractivity contribution in [3.8, 4) is 11.3 Å². The van der Waals surface area contributed by atoms with Crippen LogP contribution >= 0.6 is 11.3 Å². The maximum atomic E-state index is 11.5. The number of benzene rings is 1. The van der Waals surface area contributed by atoms with E-state index in [9.17, 15) is 4.79 Å². The zero-order valence-corrected chi connectivity index (χ0v) is 13.4. The van der Waals surface area contributed by atoms with Crippen LogP contribution in [-0.4, -0.2) is 15.9 Å². The quantitative estimate of drug-likeness (QED) is 0.734. The number of hydrogen-bond donors (Lipinski definition) is 2. The minimum atomic E-state index is -0.00336. The lowest BCUT2D eigenvalue weighted by Gasteiger charge is -2.07. The molecule has 0 spiro atoms. The third-order valence-corrected chi connectivity index (χ3v) is 3.96. The van der Waals surface area contributed by atoms with E-state index in [-0.39, 0.29) is 5.91 Å². The zero-order valence-electron chi connectivity index (χ0n) is 12.6. The van der Waals surface area contributed by atoms with Crippen molar-refractivity contribution >= 4 is 33.8 Å². The lowest BCUT2D eigenvalue weighted by atomic mass is 10.2. The van der Waals surface area contributed by atoms with Gasteiger partial charge < -0.3 is 10.6 Å². The highest BCUT2D eigenvalue weighted by Gasteiger charge is 2.05. The van der Waals surface area contributed by atoms with Gasteiger partial charge >= 0.3 is 0 Å². The predicted octanol–water partition coefficient (Wildman–Crippen LogP) is 4.30. The molecule has 3 rings (SSSR count).